The number of anilines is 1. The number of nitrogen functional groups attached to an aromatic ring is 1. The van der Waals surface area contributed by atoms with Gasteiger partial charge in [-0.25, -0.2) is 0 Å². The van der Waals surface area contributed by atoms with Crippen molar-refractivity contribution in [1.82, 2.24) is 0 Å². The van der Waals surface area contributed by atoms with E-state index in [1.165, 1.54) is 0 Å². The molecule has 0 aliphatic heterocycles. The molecule has 6 nitrogen and oxygen atoms in total. The van der Waals surface area contributed by atoms with Crippen LogP contribution >= 0.6 is 12.4 Å². The van der Waals surface area contributed by atoms with Crippen molar-refractivity contribution in [2.45, 2.75) is 19.5 Å². The first-order valence-corrected chi connectivity index (χ1v) is 9.59. The standard InChI is InChI=1S/C24H26N4O2.ClH/c1-16-14-19(10-13-21(16)30-2)22(24(27)29)28(15-17-6-4-3-5-7-17)20-11-8-18(9-12-20)23(25)26;/h3-14,22H,15H2,1-2H3,(H3,25,26)(H2,27,29);1H. The maximum Gasteiger partial charge on any atom is 0.244 e. The van der Waals surface area contributed by atoms with E-state index in [4.69, 9.17) is 21.6 Å². The highest BCUT2D eigenvalue weighted by molar-refractivity contribution is 5.95. The number of benzene rings is 3. The number of nitrogens with zero attached hydrogens (tertiary/aromatic N) is 1. The minimum Gasteiger partial charge on any atom is -0.496 e. The zero-order valence-corrected chi connectivity index (χ0v) is 18.4. The van der Waals surface area contributed by atoms with Gasteiger partial charge < -0.3 is 21.1 Å². The predicted octanol–water partition coefficient (Wildman–Crippen LogP) is 3.94. The summed E-state index contributed by atoms with van der Waals surface area (Å²) < 4.78 is 5.35. The van der Waals surface area contributed by atoms with Crippen LogP contribution in [-0.2, 0) is 11.3 Å². The molecular weight excluding hydrogens is 412 g/mol. The van der Waals surface area contributed by atoms with Crippen LogP contribution in [0, 0.1) is 12.3 Å². The summed E-state index contributed by atoms with van der Waals surface area (Å²) in [5.41, 5.74) is 15.7. The summed E-state index contributed by atoms with van der Waals surface area (Å²) in [5.74, 6) is 0.293. The fourth-order valence-corrected chi connectivity index (χ4v) is 3.51. The van der Waals surface area contributed by atoms with Gasteiger partial charge in [-0.15, -0.1) is 12.4 Å². The Kier molecular flexibility index (Phi) is 8.05. The van der Waals surface area contributed by atoms with Gasteiger partial charge in [-0.05, 0) is 60.0 Å². The lowest BCUT2D eigenvalue weighted by Gasteiger charge is -2.32. The third kappa shape index (κ3) is 5.55. The fourth-order valence-electron chi connectivity index (χ4n) is 3.51. The minimum atomic E-state index is -0.682. The fraction of sp³-hybridized carbons (Fsp3) is 0.167. The molecule has 0 aliphatic rings. The number of nitrogens with two attached hydrogens (primary N) is 2. The van der Waals surface area contributed by atoms with Gasteiger partial charge >= 0.3 is 0 Å². The molecular formula is C24H27ClN4O2. The molecule has 0 aromatic heterocycles. The SMILES string of the molecule is COc1ccc(C(C(N)=O)N(Cc2ccccc2)c2ccc(C(=N)N)cc2)cc1C.Cl. The Morgan fingerprint density at radius 3 is 2.19 bits per heavy atom. The average molecular weight is 439 g/mol. The first kappa shape index (κ1) is 23.8. The largest absolute Gasteiger partial charge is 0.496 e. The minimum absolute atomic E-state index is 0. The Morgan fingerprint density at radius 1 is 1.03 bits per heavy atom. The molecule has 0 saturated carbocycles. The lowest BCUT2D eigenvalue weighted by Crippen LogP contribution is -2.37. The maximum absolute atomic E-state index is 12.6. The van der Waals surface area contributed by atoms with E-state index in [2.05, 4.69) is 0 Å². The number of nitrogens with one attached hydrogen (secondary N) is 1. The van der Waals surface area contributed by atoms with Crippen LogP contribution in [0.1, 0.15) is 28.3 Å². The average Bonchev–Trinajstić information content (AvgIpc) is 2.74. The van der Waals surface area contributed by atoms with E-state index in [0.29, 0.717) is 12.1 Å². The van der Waals surface area contributed by atoms with Crippen molar-refractivity contribution in [3.63, 3.8) is 0 Å². The second-order valence-electron chi connectivity index (χ2n) is 7.11. The molecule has 0 bridgehead atoms. The third-order valence-electron chi connectivity index (χ3n) is 5.02. The first-order chi connectivity index (χ1) is 14.4. The molecule has 1 amide bonds. The second kappa shape index (κ2) is 10.5. The maximum atomic E-state index is 12.6. The number of methoxy groups -OCH3 is 1. The van der Waals surface area contributed by atoms with Gasteiger partial charge in [0.15, 0.2) is 0 Å². The number of carbonyl (C=O) groups is 1. The van der Waals surface area contributed by atoms with Crippen LogP contribution in [0.3, 0.4) is 0 Å². The molecule has 0 fully saturated rings. The molecule has 5 N–H and O–H groups in total. The Morgan fingerprint density at radius 2 is 1.68 bits per heavy atom. The molecule has 1 unspecified atom stereocenters. The van der Waals surface area contributed by atoms with Crippen LogP contribution < -0.4 is 21.1 Å². The number of carbonyl (C=O) groups excluding carboxylic acids is 1. The van der Waals surface area contributed by atoms with Gasteiger partial charge in [-0.1, -0.05) is 36.4 Å². The summed E-state index contributed by atoms with van der Waals surface area (Å²) in [5, 5.41) is 7.62. The van der Waals surface area contributed by atoms with Crippen molar-refractivity contribution < 1.29 is 9.53 Å². The van der Waals surface area contributed by atoms with E-state index in [0.717, 1.165) is 28.1 Å². The molecule has 0 radical (unpaired) electrons. The van der Waals surface area contributed by atoms with Crippen LogP contribution in [-0.4, -0.2) is 18.9 Å². The molecule has 3 aromatic rings. The molecule has 0 aliphatic carbocycles. The Bertz CT molecular complexity index is 1040. The van der Waals surface area contributed by atoms with Crippen LogP contribution in [0.25, 0.3) is 0 Å². The van der Waals surface area contributed by atoms with E-state index >= 15 is 0 Å². The number of halogens is 1. The summed E-state index contributed by atoms with van der Waals surface area (Å²) in [6, 6.07) is 22.1. The van der Waals surface area contributed by atoms with E-state index in [-0.39, 0.29) is 18.2 Å². The van der Waals surface area contributed by atoms with Crippen molar-refractivity contribution >= 4 is 29.8 Å². The predicted molar refractivity (Wildman–Crippen MR) is 127 cm³/mol. The van der Waals surface area contributed by atoms with Gasteiger partial charge in [0.05, 0.1) is 7.11 Å². The van der Waals surface area contributed by atoms with Gasteiger partial charge in [-0.3, -0.25) is 10.2 Å². The Balaban J connectivity index is 0.00000341. The molecule has 0 spiro atoms. The number of hydrogen-bond acceptors (Lipinski definition) is 4. The molecule has 162 valence electrons. The summed E-state index contributed by atoms with van der Waals surface area (Å²) in [4.78, 5) is 14.6. The highest BCUT2D eigenvalue weighted by Gasteiger charge is 2.27. The molecule has 1 atom stereocenters. The molecule has 7 heteroatoms. The summed E-state index contributed by atoms with van der Waals surface area (Å²) in [6.45, 7) is 2.42. The van der Waals surface area contributed by atoms with E-state index in [1.54, 1.807) is 19.2 Å². The zero-order valence-electron chi connectivity index (χ0n) is 17.5. The van der Waals surface area contributed by atoms with Crippen LogP contribution in [0.5, 0.6) is 5.75 Å². The third-order valence-corrected chi connectivity index (χ3v) is 5.02. The zero-order chi connectivity index (χ0) is 21.7. The van der Waals surface area contributed by atoms with Crippen molar-refractivity contribution in [3.8, 4) is 5.75 Å². The summed E-state index contributed by atoms with van der Waals surface area (Å²) in [6.07, 6.45) is 0. The number of amides is 1. The molecule has 0 heterocycles. The van der Waals surface area contributed by atoms with Gasteiger partial charge in [0, 0.05) is 17.8 Å². The normalized spacial score (nSPS) is 11.2. The van der Waals surface area contributed by atoms with Crippen molar-refractivity contribution in [2.75, 3.05) is 12.0 Å². The summed E-state index contributed by atoms with van der Waals surface area (Å²) in [7, 11) is 1.62. The Hall–Kier alpha value is -3.51. The van der Waals surface area contributed by atoms with E-state index < -0.39 is 11.9 Å². The van der Waals surface area contributed by atoms with Crippen LogP contribution in [0.15, 0.2) is 72.8 Å². The first-order valence-electron chi connectivity index (χ1n) is 9.59. The number of hydrogen-bond donors (Lipinski definition) is 3. The number of amidine groups is 1. The van der Waals surface area contributed by atoms with Gasteiger partial charge in [0.2, 0.25) is 5.91 Å². The lowest BCUT2D eigenvalue weighted by atomic mass is 9.99. The van der Waals surface area contributed by atoms with Gasteiger partial charge in [0.25, 0.3) is 0 Å². The molecule has 3 rings (SSSR count). The number of ether oxygens (including phenoxy) is 1. The number of primary amides is 1. The highest BCUT2D eigenvalue weighted by atomic mass is 35.5. The smallest absolute Gasteiger partial charge is 0.244 e. The van der Waals surface area contributed by atoms with E-state index in [1.807, 2.05) is 72.5 Å². The lowest BCUT2D eigenvalue weighted by molar-refractivity contribution is -0.119. The van der Waals surface area contributed by atoms with Crippen molar-refractivity contribution in [3.05, 3.63) is 95.1 Å². The monoisotopic (exact) mass is 438 g/mol. The van der Waals surface area contributed by atoms with Crippen molar-refractivity contribution in [1.29, 1.82) is 5.41 Å². The number of aryl methyl sites for hydroxylation is 1. The molecule has 0 saturated heterocycles. The van der Waals surface area contributed by atoms with Crippen LogP contribution in [0.2, 0.25) is 0 Å². The highest BCUT2D eigenvalue weighted by Crippen LogP contribution is 2.31. The van der Waals surface area contributed by atoms with Gasteiger partial charge in [-0.2, -0.15) is 0 Å². The Labute approximate surface area is 188 Å². The van der Waals surface area contributed by atoms with E-state index in [9.17, 15) is 4.79 Å². The quantitative estimate of drug-likeness (QED) is 0.365. The summed E-state index contributed by atoms with van der Waals surface area (Å²) >= 11 is 0. The van der Waals surface area contributed by atoms with Crippen molar-refractivity contribution in [2.24, 2.45) is 11.5 Å². The second-order valence-corrected chi connectivity index (χ2v) is 7.11. The molecule has 3 aromatic carbocycles. The number of rotatable bonds is 8. The van der Waals surface area contributed by atoms with Gasteiger partial charge in [0.1, 0.15) is 17.6 Å². The molecule has 31 heavy (non-hydrogen) atoms. The van der Waals surface area contributed by atoms with Crippen LogP contribution in [0.4, 0.5) is 5.69 Å². The topological polar surface area (TPSA) is 105 Å².